The quantitative estimate of drug-likeness (QED) is 0.364. The molecule has 7 nitrogen and oxygen atoms in total. The fourth-order valence-electron chi connectivity index (χ4n) is 3.47. The summed E-state index contributed by atoms with van der Waals surface area (Å²) in [5.74, 6) is -0.952. The Labute approximate surface area is 229 Å². The minimum Gasteiger partial charge on any atom is -0.357 e. The fourth-order valence-corrected chi connectivity index (χ4v) is 5.45. The van der Waals surface area contributed by atoms with Crippen molar-refractivity contribution >= 4 is 66.7 Å². The van der Waals surface area contributed by atoms with Crippen molar-refractivity contribution in [3.8, 4) is 0 Å². The zero-order valence-electron chi connectivity index (χ0n) is 19.5. The van der Waals surface area contributed by atoms with Crippen molar-refractivity contribution < 1.29 is 18.0 Å². The van der Waals surface area contributed by atoms with E-state index in [2.05, 4.69) is 21.2 Å². The van der Waals surface area contributed by atoms with Crippen LogP contribution in [0, 0.1) is 0 Å². The van der Waals surface area contributed by atoms with Crippen LogP contribution < -0.4 is 9.62 Å². The molecule has 0 spiro atoms. The summed E-state index contributed by atoms with van der Waals surface area (Å²) in [6.45, 7) is 1.12. The summed E-state index contributed by atoms with van der Waals surface area (Å²) in [7, 11) is -2.69. The summed E-state index contributed by atoms with van der Waals surface area (Å²) in [6.07, 6.45) is 0. The maximum absolute atomic E-state index is 13.7. The van der Waals surface area contributed by atoms with Gasteiger partial charge in [0.1, 0.15) is 12.6 Å². The van der Waals surface area contributed by atoms with Crippen molar-refractivity contribution in [1.29, 1.82) is 0 Å². The number of carbonyl (C=O) groups excluding carboxylic acids is 2. The fraction of sp³-hybridized carbons (Fsp3) is 0.200. The molecule has 3 rings (SSSR count). The lowest BCUT2D eigenvalue weighted by molar-refractivity contribution is -0.139. The molecule has 0 radical (unpaired) electrons. The molecule has 11 heteroatoms. The van der Waals surface area contributed by atoms with Gasteiger partial charge in [0.2, 0.25) is 11.8 Å². The Hall–Kier alpha value is -2.59. The lowest BCUT2D eigenvalue weighted by Crippen LogP contribution is -2.50. The van der Waals surface area contributed by atoms with Crippen LogP contribution in [0.5, 0.6) is 0 Å². The van der Waals surface area contributed by atoms with Crippen molar-refractivity contribution in [2.75, 3.05) is 17.9 Å². The summed E-state index contributed by atoms with van der Waals surface area (Å²) in [5.41, 5.74) is 0.937. The second-order valence-electron chi connectivity index (χ2n) is 7.86. The first-order chi connectivity index (χ1) is 17.0. The summed E-state index contributed by atoms with van der Waals surface area (Å²) >= 11 is 15.6. The Morgan fingerprint density at radius 3 is 2.19 bits per heavy atom. The molecule has 0 fully saturated rings. The number of halogens is 3. The van der Waals surface area contributed by atoms with Crippen LogP contribution in [0.15, 0.2) is 82.2 Å². The average molecular weight is 613 g/mol. The Balaban J connectivity index is 2.04. The van der Waals surface area contributed by atoms with Gasteiger partial charge in [0.25, 0.3) is 10.0 Å². The van der Waals surface area contributed by atoms with Gasteiger partial charge in [-0.05, 0) is 55.0 Å². The first kappa shape index (κ1) is 28.0. The Morgan fingerprint density at radius 2 is 1.61 bits per heavy atom. The minimum atomic E-state index is -4.16. The molecular formula is C25H24BrCl2N3O4S. The van der Waals surface area contributed by atoms with E-state index in [9.17, 15) is 18.0 Å². The third-order valence-corrected chi connectivity index (χ3v) is 8.54. The second kappa shape index (κ2) is 12.1. The van der Waals surface area contributed by atoms with E-state index in [-0.39, 0.29) is 33.1 Å². The Kier molecular flexibility index (Phi) is 9.41. The standard InChI is InChI=1S/C25H24BrCl2N3O4S/c1-17(25(33)29-2)30(15-18-8-10-19(26)11-9-18)24(32)16-31(20-12-13-22(27)23(28)14-20)36(34,35)21-6-4-3-5-7-21/h3-14,17H,15-16H2,1-2H3,(H,29,33)/t17-/m1/s1. The van der Waals surface area contributed by atoms with Gasteiger partial charge in [-0.2, -0.15) is 0 Å². The molecule has 1 atom stereocenters. The number of carbonyl (C=O) groups is 2. The van der Waals surface area contributed by atoms with Crippen LogP contribution in [0.3, 0.4) is 0 Å². The van der Waals surface area contributed by atoms with E-state index in [1.807, 2.05) is 24.3 Å². The minimum absolute atomic E-state index is 0.00248. The summed E-state index contributed by atoms with van der Waals surface area (Å²) < 4.78 is 29.1. The molecule has 3 aromatic rings. The molecule has 3 aromatic carbocycles. The Bertz CT molecular complexity index is 1340. The molecule has 0 aliphatic rings. The maximum atomic E-state index is 13.7. The molecular weight excluding hydrogens is 589 g/mol. The first-order valence-corrected chi connectivity index (χ1v) is 13.8. The highest BCUT2D eigenvalue weighted by atomic mass is 79.9. The molecule has 0 bridgehead atoms. The second-order valence-corrected chi connectivity index (χ2v) is 11.5. The third kappa shape index (κ3) is 6.59. The van der Waals surface area contributed by atoms with Gasteiger partial charge in [-0.1, -0.05) is 69.5 Å². The number of benzene rings is 3. The van der Waals surface area contributed by atoms with Gasteiger partial charge in [-0.3, -0.25) is 13.9 Å². The van der Waals surface area contributed by atoms with Gasteiger partial charge < -0.3 is 10.2 Å². The molecule has 0 unspecified atom stereocenters. The summed E-state index contributed by atoms with van der Waals surface area (Å²) in [6, 6.07) is 18.5. The number of nitrogens with one attached hydrogen (secondary N) is 1. The van der Waals surface area contributed by atoms with Crippen molar-refractivity contribution in [3.63, 3.8) is 0 Å². The Morgan fingerprint density at radius 1 is 0.972 bits per heavy atom. The molecule has 0 heterocycles. The van der Waals surface area contributed by atoms with E-state index >= 15 is 0 Å². The third-order valence-electron chi connectivity index (χ3n) is 5.48. The lowest BCUT2D eigenvalue weighted by atomic mass is 10.1. The van der Waals surface area contributed by atoms with Crippen LogP contribution in [0.1, 0.15) is 12.5 Å². The number of rotatable bonds is 9. The number of hydrogen-bond acceptors (Lipinski definition) is 4. The molecule has 190 valence electrons. The summed E-state index contributed by atoms with van der Waals surface area (Å²) in [4.78, 5) is 27.5. The van der Waals surface area contributed by atoms with Crippen LogP contribution in [0.25, 0.3) is 0 Å². The van der Waals surface area contributed by atoms with Crippen LogP contribution in [0.2, 0.25) is 10.0 Å². The number of anilines is 1. The zero-order valence-corrected chi connectivity index (χ0v) is 23.4. The van der Waals surface area contributed by atoms with Crippen LogP contribution in [-0.4, -0.2) is 44.8 Å². The lowest BCUT2D eigenvalue weighted by Gasteiger charge is -2.31. The zero-order chi connectivity index (χ0) is 26.5. The predicted molar refractivity (Wildman–Crippen MR) is 146 cm³/mol. The number of amides is 2. The van der Waals surface area contributed by atoms with E-state index in [0.29, 0.717) is 0 Å². The van der Waals surface area contributed by atoms with Crippen LogP contribution >= 0.6 is 39.1 Å². The SMILES string of the molecule is CNC(=O)[C@@H](C)N(Cc1ccc(Br)cc1)C(=O)CN(c1ccc(Cl)c(Cl)c1)S(=O)(=O)c1ccccc1. The van der Waals surface area contributed by atoms with Crippen molar-refractivity contribution in [3.05, 3.63) is 92.9 Å². The van der Waals surface area contributed by atoms with Crippen LogP contribution in [-0.2, 0) is 26.2 Å². The first-order valence-electron chi connectivity index (χ1n) is 10.8. The largest absolute Gasteiger partial charge is 0.357 e. The van der Waals surface area contributed by atoms with Crippen molar-refractivity contribution in [1.82, 2.24) is 10.2 Å². The van der Waals surface area contributed by atoms with Gasteiger partial charge in [0, 0.05) is 18.1 Å². The molecule has 1 N–H and O–H groups in total. The van der Waals surface area contributed by atoms with E-state index < -0.39 is 28.5 Å². The van der Waals surface area contributed by atoms with Crippen molar-refractivity contribution in [2.45, 2.75) is 24.4 Å². The topological polar surface area (TPSA) is 86.8 Å². The normalized spacial score (nSPS) is 12.0. The number of nitrogens with zero attached hydrogens (tertiary/aromatic N) is 2. The van der Waals surface area contributed by atoms with E-state index in [0.717, 1.165) is 14.3 Å². The average Bonchev–Trinajstić information content (AvgIpc) is 2.88. The highest BCUT2D eigenvalue weighted by molar-refractivity contribution is 9.10. The highest BCUT2D eigenvalue weighted by Crippen LogP contribution is 2.31. The van der Waals surface area contributed by atoms with Gasteiger partial charge in [-0.15, -0.1) is 0 Å². The van der Waals surface area contributed by atoms with Gasteiger partial charge in [-0.25, -0.2) is 8.42 Å². The smallest absolute Gasteiger partial charge is 0.264 e. The molecule has 0 aromatic heterocycles. The van der Waals surface area contributed by atoms with Gasteiger partial charge >= 0.3 is 0 Å². The molecule has 36 heavy (non-hydrogen) atoms. The molecule has 0 saturated carbocycles. The molecule has 2 amide bonds. The maximum Gasteiger partial charge on any atom is 0.264 e. The molecule has 0 aliphatic heterocycles. The number of likely N-dealkylation sites (N-methyl/N-ethyl adjacent to an activating group) is 1. The predicted octanol–water partition coefficient (Wildman–Crippen LogP) is 5.11. The highest BCUT2D eigenvalue weighted by Gasteiger charge is 2.32. The van der Waals surface area contributed by atoms with E-state index in [1.54, 1.807) is 25.1 Å². The van der Waals surface area contributed by atoms with E-state index in [4.69, 9.17) is 23.2 Å². The van der Waals surface area contributed by atoms with E-state index in [1.165, 1.54) is 42.3 Å². The molecule has 0 aliphatic carbocycles. The van der Waals surface area contributed by atoms with Gasteiger partial charge in [0.15, 0.2) is 0 Å². The number of hydrogen-bond donors (Lipinski definition) is 1. The number of sulfonamides is 1. The van der Waals surface area contributed by atoms with Gasteiger partial charge in [0.05, 0.1) is 20.6 Å². The molecule has 0 saturated heterocycles. The van der Waals surface area contributed by atoms with Crippen molar-refractivity contribution in [2.24, 2.45) is 0 Å². The van der Waals surface area contributed by atoms with Crippen LogP contribution in [0.4, 0.5) is 5.69 Å². The summed E-state index contributed by atoms with van der Waals surface area (Å²) in [5, 5.41) is 2.93. The monoisotopic (exact) mass is 611 g/mol.